The maximum Gasteiger partial charge on any atom is 0.0949 e. The van der Waals surface area contributed by atoms with Crippen molar-refractivity contribution in [1.29, 1.82) is 0 Å². The fourth-order valence-electron chi connectivity index (χ4n) is 1.15. The molecule has 1 nitrogen and oxygen atoms in total. The first-order chi connectivity index (χ1) is 4.16. The SMILES string of the molecule is CC[P@@]1(=O)CC=C(C)C1. The molecule has 0 spiro atoms. The Morgan fingerprint density at radius 3 is 2.67 bits per heavy atom. The van der Waals surface area contributed by atoms with Crippen LogP contribution in [0.1, 0.15) is 13.8 Å². The van der Waals surface area contributed by atoms with E-state index in [0.29, 0.717) is 0 Å². The standard InChI is InChI=1S/C7H13OP/c1-3-9(8)5-4-7(2)6-9/h4H,3,5-6H2,1-2H3/t9-/m1/s1. The van der Waals surface area contributed by atoms with Gasteiger partial charge >= 0.3 is 0 Å². The van der Waals surface area contributed by atoms with Gasteiger partial charge in [-0.15, -0.1) is 0 Å². The van der Waals surface area contributed by atoms with Gasteiger partial charge in [0, 0.05) is 12.3 Å². The number of hydrogen-bond acceptors (Lipinski definition) is 1. The lowest BCUT2D eigenvalue weighted by Gasteiger charge is -2.05. The van der Waals surface area contributed by atoms with Gasteiger partial charge in [0.1, 0.15) is 0 Å². The van der Waals surface area contributed by atoms with Crippen LogP contribution in [0.4, 0.5) is 0 Å². The van der Waals surface area contributed by atoms with E-state index in [0.717, 1.165) is 18.5 Å². The van der Waals surface area contributed by atoms with E-state index in [2.05, 4.69) is 13.0 Å². The van der Waals surface area contributed by atoms with E-state index >= 15 is 0 Å². The lowest BCUT2D eigenvalue weighted by atomic mass is 10.3. The Balaban J connectivity index is 2.64. The smallest absolute Gasteiger partial charge is 0.0949 e. The molecule has 1 aliphatic heterocycles. The van der Waals surface area contributed by atoms with Crippen LogP contribution in [0, 0.1) is 0 Å². The summed E-state index contributed by atoms with van der Waals surface area (Å²) in [5.41, 5.74) is 1.32. The summed E-state index contributed by atoms with van der Waals surface area (Å²) >= 11 is 0. The summed E-state index contributed by atoms with van der Waals surface area (Å²) < 4.78 is 11.5. The first kappa shape index (κ1) is 7.08. The lowest BCUT2D eigenvalue weighted by Crippen LogP contribution is -1.87. The zero-order valence-corrected chi connectivity index (χ0v) is 6.95. The quantitative estimate of drug-likeness (QED) is 0.407. The van der Waals surface area contributed by atoms with Crippen LogP contribution < -0.4 is 0 Å². The normalized spacial score (nSPS) is 34.7. The summed E-state index contributed by atoms with van der Waals surface area (Å²) in [5, 5.41) is 0. The van der Waals surface area contributed by atoms with Gasteiger partial charge in [0.25, 0.3) is 0 Å². The first-order valence-corrected chi connectivity index (χ1v) is 5.65. The summed E-state index contributed by atoms with van der Waals surface area (Å²) in [6, 6.07) is 0. The average molecular weight is 144 g/mol. The van der Waals surface area contributed by atoms with Gasteiger partial charge in [0.15, 0.2) is 0 Å². The van der Waals surface area contributed by atoms with Crippen LogP contribution in [-0.2, 0) is 4.57 Å². The topological polar surface area (TPSA) is 17.1 Å². The minimum atomic E-state index is -1.70. The molecular weight excluding hydrogens is 131 g/mol. The summed E-state index contributed by atoms with van der Waals surface area (Å²) in [6.07, 6.45) is 4.73. The highest BCUT2D eigenvalue weighted by Gasteiger charge is 2.23. The van der Waals surface area contributed by atoms with E-state index < -0.39 is 7.14 Å². The molecule has 0 aromatic heterocycles. The van der Waals surface area contributed by atoms with Gasteiger partial charge in [-0.1, -0.05) is 18.6 Å². The minimum absolute atomic E-state index is 0.856. The summed E-state index contributed by atoms with van der Waals surface area (Å²) in [4.78, 5) is 0. The first-order valence-electron chi connectivity index (χ1n) is 3.39. The predicted octanol–water partition coefficient (Wildman–Crippen LogP) is 2.33. The Morgan fingerprint density at radius 1 is 1.78 bits per heavy atom. The molecule has 0 bridgehead atoms. The van der Waals surface area contributed by atoms with E-state index in [1.165, 1.54) is 5.57 Å². The van der Waals surface area contributed by atoms with Crippen molar-refractivity contribution in [2.45, 2.75) is 13.8 Å². The molecule has 1 heterocycles. The number of hydrogen-bond donors (Lipinski definition) is 0. The van der Waals surface area contributed by atoms with Crippen LogP contribution >= 0.6 is 7.14 Å². The lowest BCUT2D eigenvalue weighted by molar-refractivity contribution is 0.580. The summed E-state index contributed by atoms with van der Waals surface area (Å²) in [6.45, 7) is 4.09. The Labute approximate surface area is 56.5 Å². The molecule has 0 saturated heterocycles. The minimum Gasteiger partial charge on any atom is -0.323 e. The summed E-state index contributed by atoms with van der Waals surface area (Å²) in [7, 11) is -1.70. The highest BCUT2D eigenvalue weighted by Crippen LogP contribution is 2.50. The molecule has 2 heteroatoms. The van der Waals surface area contributed by atoms with Gasteiger partial charge in [-0.3, -0.25) is 0 Å². The molecule has 0 aromatic carbocycles. The molecule has 0 unspecified atom stereocenters. The van der Waals surface area contributed by atoms with Crippen LogP contribution in [-0.4, -0.2) is 18.5 Å². The molecule has 0 fully saturated rings. The zero-order valence-electron chi connectivity index (χ0n) is 6.05. The van der Waals surface area contributed by atoms with Gasteiger partial charge in [-0.25, -0.2) is 0 Å². The van der Waals surface area contributed by atoms with Gasteiger partial charge in [-0.2, -0.15) is 0 Å². The van der Waals surface area contributed by atoms with Crippen LogP contribution in [0.3, 0.4) is 0 Å². The van der Waals surface area contributed by atoms with E-state index in [-0.39, 0.29) is 0 Å². The molecule has 0 aromatic rings. The Bertz CT molecular complexity index is 181. The van der Waals surface area contributed by atoms with Crippen LogP contribution in [0.15, 0.2) is 11.6 Å². The van der Waals surface area contributed by atoms with Crippen LogP contribution in [0.25, 0.3) is 0 Å². The van der Waals surface area contributed by atoms with Crippen LogP contribution in [0.2, 0.25) is 0 Å². The molecule has 0 radical (unpaired) electrons. The second kappa shape index (κ2) is 2.30. The molecule has 0 saturated carbocycles. The van der Waals surface area contributed by atoms with Gasteiger partial charge < -0.3 is 4.57 Å². The van der Waals surface area contributed by atoms with Gasteiger partial charge in [0.05, 0.1) is 7.14 Å². The van der Waals surface area contributed by atoms with Crippen molar-refractivity contribution in [2.75, 3.05) is 18.5 Å². The zero-order chi connectivity index (χ0) is 6.91. The Morgan fingerprint density at radius 2 is 2.44 bits per heavy atom. The maximum atomic E-state index is 11.5. The fourth-order valence-corrected chi connectivity index (χ4v) is 3.44. The van der Waals surface area contributed by atoms with Gasteiger partial charge in [-0.05, 0) is 13.1 Å². The Kier molecular flexibility index (Phi) is 1.81. The highest BCUT2D eigenvalue weighted by molar-refractivity contribution is 7.64. The van der Waals surface area contributed by atoms with Crippen molar-refractivity contribution in [3.8, 4) is 0 Å². The highest BCUT2D eigenvalue weighted by atomic mass is 31.2. The van der Waals surface area contributed by atoms with E-state index in [1.807, 2.05) is 6.92 Å². The average Bonchev–Trinajstić information content (AvgIpc) is 2.13. The molecule has 1 rings (SSSR count). The molecular formula is C7H13OP. The van der Waals surface area contributed by atoms with E-state index in [4.69, 9.17) is 0 Å². The molecule has 0 amide bonds. The van der Waals surface area contributed by atoms with Crippen LogP contribution in [0.5, 0.6) is 0 Å². The van der Waals surface area contributed by atoms with Crippen molar-refractivity contribution in [3.05, 3.63) is 11.6 Å². The molecule has 1 aliphatic rings. The predicted molar refractivity (Wildman–Crippen MR) is 41.6 cm³/mol. The second-order valence-corrected chi connectivity index (χ2v) is 6.20. The van der Waals surface area contributed by atoms with E-state index in [1.54, 1.807) is 0 Å². The monoisotopic (exact) mass is 144 g/mol. The molecule has 9 heavy (non-hydrogen) atoms. The van der Waals surface area contributed by atoms with Crippen molar-refractivity contribution in [1.82, 2.24) is 0 Å². The number of rotatable bonds is 1. The largest absolute Gasteiger partial charge is 0.323 e. The maximum absolute atomic E-state index is 11.5. The van der Waals surface area contributed by atoms with E-state index in [9.17, 15) is 4.57 Å². The second-order valence-electron chi connectivity index (χ2n) is 2.77. The molecule has 0 aliphatic carbocycles. The molecule has 1 atom stereocenters. The number of allylic oxidation sites excluding steroid dienone is 2. The third-order valence-corrected chi connectivity index (χ3v) is 4.96. The van der Waals surface area contributed by atoms with Crippen molar-refractivity contribution < 1.29 is 4.57 Å². The third kappa shape index (κ3) is 1.46. The van der Waals surface area contributed by atoms with Crippen molar-refractivity contribution >= 4 is 7.14 Å². The van der Waals surface area contributed by atoms with Crippen molar-refractivity contribution in [2.24, 2.45) is 0 Å². The van der Waals surface area contributed by atoms with Gasteiger partial charge in [0.2, 0.25) is 0 Å². The molecule has 52 valence electrons. The summed E-state index contributed by atoms with van der Waals surface area (Å²) in [5.74, 6) is 0. The Hall–Kier alpha value is -0.0300. The van der Waals surface area contributed by atoms with Crippen molar-refractivity contribution in [3.63, 3.8) is 0 Å². The molecule has 0 N–H and O–H groups in total. The fraction of sp³-hybridized carbons (Fsp3) is 0.714. The third-order valence-electron chi connectivity index (χ3n) is 1.89.